The van der Waals surface area contributed by atoms with Gasteiger partial charge in [-0.05, 0) is 5.92 Å². The molecule has 0 fully saturated rings. The maximum atomic E-state index is 10.5. The summed E-state index contributed by atoms with van der Waals surface area (Å²) in [6.07, 6.45) is 3.63. The van der Waals surface area contributed by atoms with Crippen molar-refractivity contribution in [1.29, 1.82) is 0 Å². The Bertz CT molecular complexity index is 179. The summed E-state index contributed by atoms with van der Waals surface area (Å²) in [5.74, 6) is 0.250. The predicted molar refractivity (Wildman–Crippen MR) is 47.7 cm³/mol. The quantitative estimate of drug-likeness (QED) is 0.604. The molecular weight excluding hydrogens is 154 g/mol. The van der Waals surface area contributed by atoms with E-state index in [0.717, 1.165) is 6.54 Å². The first-order chi connectivity index (χ1) is 5.74. The molecule has 0 aromatic carbocycles. The van der Waals surface area contributed by atoms with E-state index in [9.17, 15) is 4.79 Å². The summed E-state index contributed by atoms with van der Waals surface area (Å²) in [5, 5.41) is 6.10. The molecule has 0 amide bonds. The van der Waals surface area contributed by atoms with E-state index in [0.29, 0.717) is 0 Å². The largest absolute Gasteiger partial charge is 0.289 e. The zero-order chi connectivity index (χ0) is 8.97. The summed E-state index contributed by atoms with van der Waals surface area (Å²) in [6.45, 7) is 4.71. The Kier molecular flexibility index (Phi) is 3.37. The van der Waals surface area contributed by atoms with Crippen molar-refractivity contribution in [2.45, 2.75) is 26.2 Å². The van der Waals surface area contributed by atoms with Crippen LogP contribution in [0, 0.1) is 5.92 Å². The Morgan fingerprint density at radius 2 is 2.50 bits per heavy atom. The smallest absolute Gasteiger partial charge is 0.217 e. The normalized spacial score (nSPS) is 24.8. The molecule has 1 heterocycles. The molecule has 1 aliphatic rings. The van der Waals surface area contributed by atoms with Crippen molar-refractivity contribution < 1.29 is 4.79 Å². The third-order valence-corrected chi connectivity index (χ3v) is 1.79. The van der Waals surface area contributed by atoms with E-state index < -0.39 is 0 Å². The van der Waals surface area contributed by atoms with Crippen LogP contribution < -0.4 is 10.6 Å². The van der Waals surface area contributed by atoms with Crippen molar-refractivity contribution in [3.05, 3.63) is 0 Å². The minimum absolute atomic E-state index is 0.112. The molecule has 0 bridgehead atoms. The van der Waals surface area contributed by atoms with Crippen molar-refractivity contribution in [2.24, 2.45) is 10.9 Å². The molecule has 1 radical (unpaired) electrons. The third kappa shape index (κ3) is 2.39. The molecule has 0 spiro atoms. The number of carbonyl (C=O) groups excluding carboxylic acids is 1. The average Bonchev–Trinajstić information content (AvgIpc) is 2.51. The van der Waals surface area contributed by atoms with Crippen LogP contribution in [0.5, 0.6) is 0 Å². The van der Waals surface area contributed by atoms with Gasteiger partial charge in [-0.25, -0.2) is 0 Å². The van der Waals surface area contributed by atoms with Gasteiger partial charge in [-0.15, -0.1) is 0 Å². The second-order valence-electron chi connectivity index (χ2n) is 3.15. The lowest BCUT2D eigenvalue weighted by Crippen LogP contribution is -2.46. The molecule has 1 aliphatic heterocycles. The molecule has 4 nitrogen and oxygen atoms in total. The lowest BCUT2D eigenvalue weighted by molar-refractivity contribution is 0.384. The summed E-state index contributed by atoms with van der Waals surface area (Å²) >= 11 is 0. The van der Waals surface area contributed by atoms with E-state index in [1.165, 1.54) is 0 Å². The number of rotatable bonds is 4. The van der Waals surface area contributed by atoms with Gasteiger partial charge in [-0.3, -0.25) is 20.4 Å². The highest BCUT2D eigenvalue weighted by molar-refractivity contribution is 5.62. The molecule has 0 aromatic heterocycles. The highest BCUT2D eigenvalue weighted by Gasteiger charge is 2.18. The number of hydrogen-bond acceptors (Lipinski definition) is 4. The van der Waals surface area contributed by atoms with Gasteiger partial charge in [0.1, 0.15) is 0 Å². The van der Waals surface area contributed by atoms with Crippen LogP contribution >= 0.6 is 0 Å². The van der Waals surface area contributed by atoms with Gasteiger partial charge in [0.25, 0.3) is 0 Å². The second kappa shape index (κ2) is 4.33. The van der Waals surface area contributed by atoms with Gasteiger partial charge in [0.05, 0.1) is 6.04 Å². The Hall–Kier alpha value is -0.740. The van der Waals surface area contributed by atoms with Crippen LogP contribution in [0.3, 0.4) is 0 Å². The van der Waals surface area contributed by atoms with Crippen LogP contribution in [0.15, 0.2) is 4.99 Å². The van der Waals surface area contributed by atoms with Crippen LogP contribution in [-0.4, -0.2) is 31.4 Å². The lowest BCUT2D eigenvalue weighted by Gasteiger charge is -2.18. The van der Waals surface area contributed by atoms with Gasteiger partial charge in [-0.2, -0.15) is 0 Å². The second-order valence-corrected chi connectivity index (χ2v) is 3.15. The zero-order valence-electron chi connectivity index (χ0n) is 7.37. The molecule has 0 saturated carbocycles. The van der Waals surface area contributed by atoms with Crippen molar-refractivity contribution in [1.82, 2.24) is 10.6 Å². The first-order valence-electron chi connectivity index (χ1n) is 4.13. The summed E-state index contributed by atoms with van der Waals surface area (Å²) in [5.41, 5.74) is 0. The first kappa shape index (κ1) is 9.35. The van der Waals surface area contributed by atoms with E-state index in [1.807, 2.05) is 20.1 Å². The highest BCUT2D eigenvalue weighted by atomic mass is 16.1. The number of nitrogens with zero attached hydrogens (tertiary/aromatic N) is 1. The minimum Gasteiger partial charge on any atom is -0.289 e. The standard InChI is InChI=1S/C8H14N3O/c1-6(2)7(5-12)11-8-9-3-4-10-8/h3,6-8,10-11H,4H2,1-2H3/t7-,8?/m0/s1. The molecule has 0 aliphatic carbocycles. The fourth-order valence-electron chi connectivity index (χ4n) is 1.01. The summed E-state index contributed by atoms with van der Waals surface area (Å²) in [4.78, 5) is 14.5. The highest BCUT2D eigenvalue weighted by Crippen LogP contribution is 2.00. The van der Waals surface area contributed by atoms with Gasteiger partial charge < -0.3 is 0 Å². The Labute approximate surface area is 72.4 Å². The van der Waals surface area contributed by atoms with Crippen molar-refractivity contribution in [3.63, 3.8) is 0 Å². The summed E-state index contributed by atoms with van der Waals surface area (Å²) in [7, 11) is 0. The molecule has 0 aromatic rings. The van der Waals surface area contributed by atoms with Crippen LogP contribution in [0.25, 0.3) is 0 Å². The topological polar surface area (TPSA) is 53.5 Å². The Morgan fingerprint density at radius 3 is 2.92 bits per heavy atom. The lowest BCUT2D eigenvalue weighted by atomic mass is 10.1. The summed E-state index contributed by atoms with van der Waals surface area (Å²) in [6, 6.07) is -0.238. The molecular formula is C8H14N3O. The molecule has 0 saturated heterocycles. The van der Waals surface area contributed by atoms with Crippen LogP contribution in [0.4, 0.5) is 0 Å². The molecule has 67 valence electrons. The maximum Gasteiger partial charge on any atom is 0.217 e. The van der Waals surface area contributed by atoms with Crippen molar-refractivity contribution >= 4 is 12.5 Å². The van der Waals surface area contributed by atoms with Crippen LogP contribution in [0.1, 0.15) is 13.8 Å². The van der Waals surface area contributed by atoms with Gasteiger partial charge >= 0.3 is 0 Å². The zero-order valence-corrected chi connectivity index (χ0v) is 7.37. The van der Waals surface area contributed by atoms with E-state index >= 15 is 0 Å². The van der Waals surface area contributed by atoms with E-state index in [1.54, 1.807) is 6.21 Å². The number of aliphatic imine (C=N–C) groups is 1. The van der Waals surface area contributed by atoms with Gasteiger partial charge in [-0.1, -0.05) is 13.8 Å². The van der Waals surface area contributed by atoms with E-state index in [4.69, 9.17) is 0 Å². The fraction of sp³-hybridized carbons (Fsp3) is 0.750. The van der Waals surface area contributed by atoms with E-state index in [-0.39, 0.29) is 18.2 Å². The molecule has 2 atom stereocenters. The van der Waals surface area contributed by atoms with Crippen molar-refractivity contribution in [3.8, 4) is 0 Å². The Morgan fingerprint density at radius 1 is 1.75 bits per heavy atom. The van der Waals surface area contributed by atoms with Gasteiger partial charge in [0.2, 0.25) is 6.29 Å². The van der Waals surface area contributed by atoms with Gasteiger partial charge in [0, 0.05) is 12.8 Å². The molecule has 1 unspecified atom stereocenters. The summed E-state index contributed by atoms with van der Waals surface area (Å²) < 4.78 is 0. The van der Waals surface area contributed by atoms with Crippen LogP contribution in [0.2, 0.25) is 0 Å². The third-order valence-electron chi connectivity index (χ3n) is 1.79. The fourth-order valence-corrected chi connectivity index (χ4v) is 1.01. The maximum absolute atomic E-state index is 10.5. The Balaban J connectivity index is 2.36. The number of hydrogen-bond donors (Lipinski definition) is 2. The monoisotopic (exact) mass is 168 g/mol. The molecule has 4 heteroatoms. The molecule has 12 heavy (non-hydrogen) atoms. The first-order valence-corrected chi connectivity index (χ1v) is 4.13. The minimum atomic E-state index is -0.238. The van der Waals surface area contributed by atoms with E-state index in [2.05, 4.69) is 15.6 Å². The number of nitrogens with one attached hydrogen (secondary N) is 2. The van der Waals surface area contributed by atoms with Crippen molar-refractivity contribution in [2.75, 3.05) is 6.54 Å². The van der Waals surface area contributed by atoms with Crippen LogP contribution in [-0.2, 0) is 4.79 Å². The molecule has 1 rings (SSSR count). The predicted octanol–water partition coefficient (Wildman–Crippen LogP) is -0.332. The molecule has 2 N–H and O–H groups in total. The average molecular weight is 168 g/mol. The van der Waals surface area contributed by atoms with Gasteiger partial charge in [0.15, 0.2) is 6.29 Å². The SMILES string of the molecule is CC(C)[C@H]([C]=O)NC1N=CCN1.